The van der Waals surface area contributed by atoms with Gasteiger partial charge in [0.15, 0.2) is 5.75 Å². The Hall–Kier alpha value is -0.900. The number of rotatable bonds is 0. The number of aryl methyl sites for hydroxylation is 1. The highest BCUT2D eigenvalue weighted by molar-refractivity contribution is 7.14. The first-order valence-electron chi connectivity index (χ1n) is 3.37. The van der Waals surface area contributed by atoms with E-state index in [1.807, 2.05) is 6.92 Å². The van der Waals surface area contributed by atoms with Gasteiger partial charge in [0, 0.05) is 0 Å². The zero-order valence-corrected chi connectivity index (χ0v) is 6.90. The summed E-state index contributed by atoms with van der Waals surface area (Å²) in [6.45, 7) is 3.00. The van der Waals surface area contributed by atoms with Crippen molar-refractivity contribution in [2.45, 2.75) is 6.92 Å². The van der Waals surface area contributed by atoms with Crippen LogP contribution in [0.5, 0.6) is 16.6 Å². The number of fused-ring (bicyclic) bond motifs is 1. The average molecular weight is 172 g/mol. The van der Waals surface area contributed by atoms with Gasteiger partial charge in [-0.3, -0.25) is 0 Å². The van der Waals surface area contributed by atoms with Crippen LogP contribution in [0, 0.1) is 6.92 Å². The number of hydrogen-bond donors (Lipinski definition) is 1. The van der Waals surface area contributed by atoms with Crippen LogP contribution in [0.15, 0.2) is 0 Å². The van der Waals surface area contributed by atoms with Gasteiger partial charge in [0.05, 0.1) is 4.88 Å². The normalized spacial score (nSPS) is 15.0. The summed E-state index contributed by atoms with van der Waals surface area (Å²) in [5.41, 5.74) is 0. The van der Waals surface area contributed by atoms with E-state index in [0.717, 1.165) is 4.88 Å². The predicted octanol–water partition coefficient (Wildman–Crippen LogP) is 1.53. The molecular formula is C7H8O3S. The highest BCUT2D eigenvalue weighted by Gasteiger charge is 2.21. The minimum atomic E-state index is 0.220. The van der Waals surface area contributed by atoms with Gasteiger partial charge >= 0.3 is 0 Å². The topological polar surface area (TPSA) is 38.7 Å². The summed E-state index contributed by atoms with van der Waals surface area (Å²) in [7, 11) is 0. The van der Waals surface area contributed by atoms with E-state index in [4.69, 9.17) is 9.47 Å². The molecule has 3 nitrogen and oxygen atoms in total. The summed E-state index contributed by atoms with van der Waals surface area (Å²) in [5.74, 6) is 1.22. The lowest BCUT2D eigenvalue weighted by atomic mass is 10.4. The Balaban J connectivity index is 2.52. The Morgan fingerprint density at radius 1 is 1.27 bits per heavy atom. The molecule has 1 aromatic heterocycles. The van der Waals surface area contributed by atoms with Crippen LogP contribution in [0.3, 0.4) is 0 Å². The van der Waals surface area contributed by atoms with E-state index < -0.39 is 0 Å². The summed E-state index contributed by atoms with van der Waals surface area (Å²) in [5, 5.41) is 9.51. The number of thiophene rings is 1. The molecule has 1 aliphatic heterocycles. The summed E-state index contributed by atoms with van der Waals surface area (Å²) < 4.78 is 10.5. The Morgan fingerprint density at radius 2 is 1.91 bits per heavy atom. The summed E-state index contributed by atoms with van der Waals surface area (Å²) in [4.78, 5) is 0.970. The first kappa shape index (κ1) is 6.79. The third-order valence-corrected chi connectivity index (χ3v) is 2.42. The maximum atomic E-state index is 9.29. The van der Waals surface area contributed by atoms with Crippen LogP contribution in [0.1, 0.15) is 4.88 Å². The van der Waals surface area contributed by atoms with Crippen molar-refractivity contribution in [1.29, 1.82) is 0 Å². The van der Waals surface area contributed by atoms with E-state index in [-0.39, 0.29) is 5.06 Å². The molecule has 1 N–H and O–H groups in total. The van der Waals surface area contributed by atoms with E-state index >= 15 is 0 Å². The molecule has 0 spiro atoms. The van der Waals surface area contributed by atoms with Gasteiger partial charge in [-0.15, -0.1) is 0 Å². The molecule has 0 saturated carbocycles. The average Bonchev–Trinajstić information content (AvgIpc) is 2.30. The van der Waals surface area contributed by atoms with Crippen LogP contribution in [-0.2, 0) is 0 Å². The minimum absolute atomic E-state index is 0.220. The predicted molar refractivity (Wildman–Crippen MR) is 41.7 cm³/mol. The second-order valence-corrected chi connectivity index (χ2v) is 3.52. The fourth-order valence-electron chi connectivity index (χ4n) is 1.08. The van der Waals surface area contributed by atoms with Gasteiger partial charge < -0.3 is 14.6 Å². The van der Waals surface area contributed by atoms with Crippen molar-refractivity contribution in [2.24, 2.45) is 0 Å². The zero-order valence-electron chi connectivity index (χ0n) is 6.09. The molecule has 0 fully saturated rings. The lowest BCUT2D eigenvalue weighted by Gasteiger charge is -2.15. The SMILES string of the molecule is Cc1sc(O)c2c1OCCO2. The highest BCUT2D eigenvalue weighted by atomic mass is 32.1. The van der Waals surface area contributed by atoms with Crippen molar-refractivity contribution in [3.05, 3.63) is 4.88 Å². The summed E-state index contributed by atoms with van der Waals surface area (Å²) in [6.07, 6.45) is 0. The van der Waals surface area contributed by atoms with Gasteiger partial charge in [-0.1, -0.05) is 11.3 Å². The lowest BCUT2D eigenvalue weighted by molar-refractivity contribution is 0.168. The molecule has 1 aliphatic rings. The molecule has 0 aromatic carbocycles. The van der Waals surface area contributed by atoms with Crippen LogP contribution in [-0.4, -0.2) is 18.3 Å². The van der Waals surface area contributed by atoms with Crippen molar-refractivity contribution in [3.8, 4) is 16.6 Å². The summed E-state index contributed by atoms with van der Waals surface area (Å²) >= 11 is 1.29. The number of aromatic hydroxyl groups is 1. The molecular weight excluding hydrogens is 164 g/mol. The fraction of sp³-hybridized carbons (Fsp3) is 0.429. The first-order chi connectivity index (χ1) is 5.29. The molecule has 0 bridgehead atoms. The number of hydrogen-bond acceptors (Lipinski definition) is 4. The van der Waals surface area contributed by atoms with Crippen LogP contribution >= 0.6 is 11.3 Å². The molecule has 0 saturated heterocycles. The van der Waals surface area contributed by atoms with Crippen molar-refractivity contribution in [3.63, 3.8) is 0 Å². The largest absolute Gasteiger partial charge is 0.497 e. The molecule has 0 unspecified atom stereocenters. The van der Waals surface area contributed by atoms with Crippen molar-refractivity contribution in [1.82, 2.24) is 0 Å². The molecule has 4 heteroatoms. The van der Waals surface area contributed by atoms with Gasteiger partial charge in [-0.2, -0.15) is 0 Å². The van der Waals surface area contributed by atoms with Gasteiger partial charge in [0.1, 0.15) is 13.2 Å². The molecule has 0 atom stereocenters. The van der Waals surface area contributed by atoms with Gasteiger partial charge in [-0.05, 0) is 6.92 Å². The second kappa shape index (κ2) is 2.30. The third-order valence-electron chi connectivity index (χ3n) is 1.55. The van der Waals surface area contributed by atoms with Crippen molar-refractivity contribution < 1.29 is 14.6 Å². The zero-order chi connectivity index (χ0) is 7.84. The van der Waals surface area contributed by atoms with Gasteiger partial charge in [0.2, 0.25) is 10.8 Å². The Labute approximate surface area is 68.2 Å². The van der Waals surface area contributed by atoms with Crippen LogP contribution in [0.4, 0.5) is 0 Å². The Morgan fingerprint density at radius 3 is 2.55 bits per heavy atom. The quantitative estimate of drug-likeness (QED) is 0.645. The van der Waals surface area contributed by atoms with Gasteiger partial charge in [0.25, 0.3) is 0 Å². The molecule has 60 valence electrons. The van der Waals surface area contributed by atoms with Crippen LogP contribution in [0.25, 0.3) is 0 Å². The van der Waals surface area contributed by atoms with E-state index in [1.54, 1.807) is 0 Å². The molecule has 2 rings (SSSR count). The van der Waals surface area contributed by atoms with Crippen LogP contribution < -0.4 is 9.47 Å². The second-order valence-electron chi connectivity index (χ2n) is 2.32. The molecule has 11 heavy (non-hydrogen) atoms. The number of ether oxygens (including phenoxy) is 2. The standard InChI is InChI=1S/C7H8O3S/c1-4-5-6(7(8)11-4)10-3-2-9-5/h8H,2-3H2,1H3. The van der Waals surface area contributed by atoms with Gasteiger partial charge in [-0.25, -0.2) is 0 Å². The highest BCUT2D eigenvalue weighted by Crippen LogP contribution is 2.47. The first-order valence-corrected chi connectivity index (χ1v) is 4.18. The monoisotopic (exact) mass is 172 g/mol. The molecule has 0 radical (unpaired) electrons. The molecule has 0 amide bonds. The van der Waals surface area contributed by atoms with E-state index in [1.165, 1.54) is 11.3 Å². The Bertz CT molecular complexity index is 253. The minimum Gasteiger partial charge on any atom is -0.497 e. The van der Waals surface area contributed by atoms with E-state index in [0.29, 0.717) is 24.7 Å². The van der Waals surface area contributed by atoms with Crippen molar-refractivity contribution in [2.75, 3.05) is 13.2 Å². The van der Waals surface area contributed by atoms with E-state index in [9.17, 15) is 5.11 Å². The summed E-state index contributed by atoms with van der Waals surface area (Å²) in [6, 6.07) is 0. The van der Waals surface area contributed by atoms with Crippen molar-refractivity contribution >= 4 is 11.3 Å². The van der Waals surface area contributed by atoms with E-state index in [2.05, 4.69) is 0 Å². The Kier molecular flexibility index (Phi) is 1.42. The lowest BCUT2D eigenvalue weighted by Crippen LogP contribution is -2.14. The smallest absolute Gasteiger partial charge is 0.218 e. The maximum absolute atomic E-state index is 9.29. The third kappa shape index (κ3) is 0.939. The molecule has 0 aliphatic carbocycles. The van der Waals surface area contributed by atoms with Crippen LogP contribution in [0.2, 0.25) is 0 Å². The molecule has 1 aromatic rings. The maximum Gasteiger partial charge on any atom is 0.218 e. The fourth-order valence-corrected chi connectivity index (χ4v) is 1.86. The molecule has 2 heterocycles.